The molecule has 3 aliphatic carbocycles. The number of nitriles is 1. The maximum Gasteiger partial charge on any atom is 0.307 e. The lowest BCUT2D eigenvalue weighted by atomic mass is 9.62. The van der Waals surface area contributed by atoms with Crippen LogP contribution in [0.3, 0.4) is 0 Å². The van der Waals surface area contributed by atoms with E-state index in [1.165, 1.54) is 0 Å². The zero-order valence-electron chi connectivity index (χ0n) is 11.9. The smallest absolute Gasteiger partial charge is 0.307 e. The van der Waals surface area contributed by atoms with E-state index in [0.717, 1.165) is 12.8 Å². The van der Waals surface area contributed by atoms with E-state index in [9.17, 15) is 14.7 Å². The molecule has 2 N–H and O–H groups in total. The van der Waals surface area contributed by atoms with Crippen molar-refractivity contribution in [2.75, 3.05) is 5.32 Å². The molecule has 1 fully saturated rings. The minimum absolute atomic E-state index is 0.0413. The summed E-state index contributed by atoms with van der Waals surface area (Å²) in [5, 5.41) is 21.3. The predicted octanol–water partition coefficient (Wildman–Crippen LogP) is 2.41. The fraction of sp³-hybridized carbons (Fsp3) is 0.353. The quantitative estimate of drug-likeness (QED) is 0.838. The summed E-state index contributed by atoms with van der Waals surface area (Å²) in [6, 6.07) is 8.76. The van der Waals surface area contributed by atoms with Crippen molar-refractivity contribution < 1.29 is 14.7 Å². The van der Waals surface area contributed by atoms with E-state index in [1.54, 1.807) is 24.3 Å². The first-order valence-corrected chi connectivity index (χ1v) is 7.33. The Morgan fingerprint density at radius 2 is 1.77 bits per heavy atom. The van der Waals surface area contributed by atoms with Crippen molar-refractivity contribution in [3.05, 3.63) is 42.0 Å². The van der Waals surface area contributed by atoms with Gasteiger partial charge in [-0.2, -0.15) is 5.26 Å². The molecule has 0 saturated heterocycles. The largest absolute Gasteiger partial charge is 0.481 e. The molecule has 1 amide bonds. The molecule has 1 aromatic rings. The highest BCUT2D eigenvalue weighted by molar-refractivity contribution is 5.97. The number of amides is 1. The highest BCUT2D eigenvalue weighted by atomic mass is 16.4. The Kier molecular flexibility index (Phi) is 3.68. The Hall–Kier alpha value is -2.61. The van der Waals surface area contributed by atoms with Gasteiger partial charge in [-0.25, -0.2) is 0 Å². The topological polar surface area (TPSA) is 90.2 Å². The van der Waals surface area contributed by atoms with Crippen LogP contribution in [0.2, 0.25) is 0 Å². The Morgan fingerprint density at radius 1 is 1.14 bits per heavy atom. The third kappa shape index (κ3) is 2.37. The zero-order chi connectivity index (χ0) is 15.7. The molecular weight excluding hydrogens is 280 g/mol. The van der Waals surface area contributed by atoms with E-state index in [2.05, 4.69) is 5.32 Å². The van der Waals surface area contributed by atoms with Crippen LogP contribution in [0.15, 0.2) is 36.4 Å². The van der Waals surface area contributed by atoms with Crippen molar-refractivity contribution in [3.63, 3.8) is 0 Å². The second-order valence-corrected chi connectivity index (χ2v) is 5.83. The molecule has 0 aromatic heterocycles. The summed E-state index contributed by atoms with van der Waals surface area (Å²) in [5.41, 5.74) is 0.809. The van der Waals surface area contributed by atoms with Crippen LogP contribution < -0.4 is 5.32 Å². The van der Waals surface area contributed by atoms with Crippen molar-refractivity contribution >= 4 is 17.6 Å². The average Bonchev–Trinajstić information content (AvgIpc) is 2.55. The van der Waals surface area contributed by atoms with Gasteiger partial charge >= 0.3 is 5.97 Å². The number of aliphatic carboxylic acids is 1. The summed E-state index contributed by atoms with van der Waals surface area (Å²) >= 11 is 0. The van der Waals surface area contributed by atoms with Gasteiger partial charge in [-0.05, 0) is 36.8 Å². The molecule has 5 nitrogen and oxygen atoms in total. The fourth-order valence-electron chi connectivity index (χ4n) is 3.59. The van der Waals surface area contributed by atoms with Gasteiger partial charge in [0, 0.05) is 0 Å². The molecule has 1 saturated carbocycles. The number of para-hydroxylation sites is 1. The van der Waals surface area contributed by atoms with Crippen LogP contribution in [-0.4, -0.2) is 17.0 Å². The van der Waals surface area contributed by atoms with E-state index in [-0.39, 0.29) is 17.7 Å². The molecule has 4 atom stereocenters. The molecule has 1 aromatic carbocycles. The summed E-state index contributed by atoms with van der Waals surface area (Å²) in [6.45, 7) is 0. The molecular formula is C17H16N2O3. The number of nitrogens with one attached hydrogen (secondary N) is 1. The van der Waals surface area contributed by atoms with Gasteiger partial charge < -0.3 is 10.4 Å². The predicted molar refractivity (Wildman–Crippen MR) is 79.8 cm³/mol. The number of carbonyl (C=O) groups excluding carboxylic acids is 1. The summed E-state index contributed by atoms with van der Waals surface area (Å²) in [4.78, 5) is 24.2. The van der Waals surface area contributed by atoms with E-state index >= 15 is 0 Å². The lowest BCUT2D eigenvalue weighted by Crippen LogP contribution is -2.47. The number of carboxylic acids is 1. The van der Waals surface area contributed by atoms with Crippen LogP contribution in [0.25, 0.3) is 0 Å². The van der Waals surface area contributed by atoms with Crippen LogP contribution in [0.4, 0.5) is 5.69 Å². The summed E-state index contributed by atoms with van der Waals surface area (Å²) < 4.78 is 0. The van der Waals surface area contributed by atoms with Gasteiger partial charge in [-0.15, -0.1) is 0 Å². The third-order valence-electron chi connectivity index (χ3n) is 4.64. The first kappa shape index (κ1) is 14.3. The van der Waals surface area contributed by atoms with Gasteiger partial charge in [0.25, 0.3) is 0 Å². The molecule has 0 heterocycles. The molecule has 5 heteroatoms. The maximum atomic E-state index is 12.6. The van der Waals surface area contributed by atoms with E-state index in [0.29, 0.717) is 11.3 Å². The van der Waals surface area contributed by atoms with Crippen LogP contribution in [-0.2, 0) is 9.59 Å². The number of carbonyl (C=O) groups is 2. The minimum atomic E-state index is -0.923. The standard InChI is InChI=1S/C17H16N2O3/c18-9-12-3-1-2-4-13(12)19-16(20)14-10-5-7-11(8-6-10)15(14)17(21)22/h1-5,7,10-11,14-15H,6,8H2,(H,19,20)(H,21,22). The van der Waals surface area contributed by atoms with Gasteiger partial charge in [0.2, 0.25) is 5.91 Å². The lowest BCUT2D eigenvalue weighted by molar-refractivity contribution is -0.151. The number of benzene rings is 1. The number of anilines is 1. The molecule has 0 spiro atoms. The van der Waals surface area contributed by atoms with Gasteiger partial charge in [0.05, 0.1) is 23.1 Å². The van der Waals surface area contributed by atoms with Crippen molar-refractivity contribution in [1.82, 2.24) is 0 Å². The number of nitrogens with zero attached hydrogens (tertiary/aromatic N) is 1. The first-order valence-electron chi connectivity index (χ1n) is 7.33. The lowest BCUT2D eigenvalue weighted by Gasteiger charge is -2.41. The van der Waals surface area contributed by atoms with Gasteiger partial charge in [0.1, 0.15) is 6.07 Å². The molecule has 112 valence electrons. The van der Waals surface area contributed by atoms with Gasteiger partial charge in [0.15, 0.2) is 0 Å². The SMILES string of the molecule is N#Cc1ccccc1NC(=O)C1C2C=CC(CC2)C1C(=O)O. The zero-order valence-corrected chi connectivity index (χ0v) is 11.9. The molecule has 0 radical (unpaired) electrons. The highest BCUT2D eigenvalue weighted by Gasteiger charge is 2.48. The molecule has 4 unspecified atom stereocenters. The maximum absolute atomic E-state index is 12.6. The fourth-order valence-corrected chi connectivity index (χ4v) is 3.59. The number of hydrogen-bond donors (Lipinski definition) is 2. The van der Waals surface area contributed by atoms with Crippen LogP contribution in [0.1, 0.15) is 18.4 Å². The normalized spacial score (nSPS) is 28.9. The molecule has 3 aliphatic rings. The minimum Gasteiger partial charge on any atom is -0.481 e. The second kappa shape index (κ2) is 5.64. The summed E-state index contributed by atoms with van der Waals surface area (Å²) in [7, 11) is 0. The molecule has 0 aliphatic heterocycles. The van der Waals surface area contributed by atoms with Crippen LogP contribution in [0.5, 0.6) is 0 Å². The summed E-state index contributed by atoms with van der Waals surface area (Å²) in [6.07, 6.45) is 5.55. The number of rotatable bonds is 3. The van der Waals surface area contributed by atoms with Crippen molar-refractivity contribution in [2.24, 2.45) is 23.7 Å². The number of fused-ring (bicyclic) bond motifs is 2. The molecule has 4 rings (SSSR count). The Morgan fingerprint density at radius 3 is 2.36 bits per heavy atom. The van der Waals surface area contributed by atoms with Crippen molar-refractivity contribution in [1.29, 1.82) is 5.26 Å². The highest BCUT2D eigenvalue weighted by Crippen LogP contribution is 2.45. The Labute approximate surface area is 128 Å². The molecule has 2 bridgehead atoms. The van der Waals surface area contributed by atoms with Crippen molar-refractivity contribution in [3.8, 4) is 6.07 Å². The number of hydrogen-bond acceptors (Lipinski definition) is 3. The van der Waals surface area contributed by atoms with E-state index < -0.39 is 17.8 Å². The third-order valence-corrected chi connectivity index (χ3v) is 4.64. The van der Waals surface area contributed by atoms with E-state index in [4.69, 9.17) is 5.26 Å². The molecule has 22 heavy (non-hydrogen) atoms. The Bertz CT molecular complexity index is 689. The van der Waals surface area contributed by atoms with Crippen LogP contribution in [0, 0.1) is 35.0 Å². The average molecular weight is 296 g/mol. The van der Waals surface area contributed by atoms with Crippen molar-refractivity contribution in [2.45, 2.75) is 12.8 Å². The Balaban J connectivity index is 1.86. The van der Waals surface area contributed by atoms with E-state index in [1.807, 2.05) is 18.2 Å². The van der Waals surface area contributed by atoms with Crippen LogP contribution >= 0.6 is 0 Å². The van der Waals surface area contributed by atoms with Gasteiger partial charge in [-0.3, -0.25) is 9.59 Å². The first-order chi connectivity index (χ1) is 10.6. The number of carboxylic acid groups (broad SMARTS) is 1. The monoisotopic (exact) mass is 296 g/mol. The van der Waals surface area contributed by atoms with Gasteiger partial charge in [-0.1, -0.05) is 24.3 Å². The summed E-state index contributed by atoms with van der Waals surface area (Å²) in [5.74, 6) is -2.61. The second-order valence-electron chi connectivity index (χ2n) is 5.83. The number of allylic oxidation sites excluding steroid dienone is 2.